The highest BCUT2D eigenvalue weighted by atomic mass is 79.9. The summed E-state index contributed by atoms with van der Waals surface area (Å²) < 4.78 is 33.7. The number of aromatic nitrogens is 2. The quantitative estimate of drug-likeness (QED) is 0.725. The van der Waals surface area contributed by atoms with Crippen LogP contribution in [-0.4, -0.2) is 53.7 Å². The molecule has 2 heterocycles. The number of nitrogens with zero attached hydrogens (tertiary/aromatic N) is 3. The number of aromatic amines is 1. The predicted molar refractivity (Wildman–Crippen MR) is 114 cm³/mol. The molecule has 0 bridgehead atoms. The molecule has 1 N–H and O–H groups in total. The Labute approximate surface area is 175 Å². The zero-order chi connectivity index (χ0) is 20.5. The number of imidazole rings is 1. The molecular weight excluding hydrogens is 444 g/mol. The molecule has 7 nitrogen and oxygen atoms in total. The second-order valence-corrected chi connectivity index (χ2v) is 11.0. The average Bonchev–Trinajstić information content (AvgIpc) is 3.01. The lowest BCUT2D eigenvalue weighted by molar-refractivity contribution is -0.0232. The number of ether oxygens (including phenoxy) is 1. The fourth-order valence-corrected chi connectivity index (χ4v) is 4.78. The summed E-state index contributed by atoms with van der Waals surface area (Å²) in [6, 6.07) is 5.70. The van der Waals surface area contributed by atoms with E-state index < -0.39 is 10.0 Å². The Morgan fingerprint density at radius 2 is 2.11 bits per heavy atom. The molecule has 1 atom stereocenters. The smallest absolute Gasteiger partial charge is 0.211 e. The number of H-pyrrole nitrogens is 1. The van der Waals surface area contributed by atoms with Gasteiger partial charge in [-0.3, -0.25) is 0 Å². The van der Waals surface area contributed by atoms with Gasteiger partial charge in [0.2, 0.25) is 10.0 Å². The summed E-state index contributed by atoms with van der Waals surface area (Å²) in [6.45, 7) is 7.69. The number of sulfonamides is 1. The lowest BCUT2D eigenvalue weighted by Gasteiger charge is -2.33. The van der Waals surface area contributed by atoms with Gasteiger partial charge in [-0.2, -0.15) is 4.31 Å². The Morgan fingerprint density at radius 3 is 2.71 bits per heavy atom. The molecule has 1 aliphatic rings. The minimum Gasteiger partial charge on any atom is -0.374 e. The first-order valence-electron chi connectivity index (χ1n) is 9.14. The van der Waals surface area contributed by atoms with Crippen molar-refractivity contribution in [2.45, 2.75) is 45.5 Å². The van der Waals surface area contributed by atoms with Gasteiger partial charge < -0.3 is 14.6 Å². The number of anilines is 1. The Morgan fingerprint density at radius 1 is 1.36 bits per heavy atom. The van der Waals surface area contributed by atoms with Crippen LogP contribution < -0.4 is 4.90 Å². The van der Waals surface area contributed by atoms with Gasteiger partial charge in [-0.25, -0.2) is 13.4 Å². The minimum atomic E-state index is -3.42. The van der Waals surface area contributed by atoms with Crippen molar-refractivity contribution in [1.82, 2.24) is 14.3 Å². The number of nitrogens with one attached hydrogen (secondary N) is 1. The first kappa shape index (κ1) is 21.3. The Kier molecular flexibility index (Phi) is 6.19. The van der Waals surface area contributed by atoms with Crippen LogP contribution >= 0.6 is 15.9 Å². The number of halogens is 1. The molecule has 0 saturated heterocycles. The minimum absolute atomic E-state index is 0.302. The van der Waals surface area contributed by atoms with Gasteiger partial charge in [-0.05, 0) is 44.5 Å². The maximum absolute atomic E-state index is 12.6. The molecule has 3 rings (SSSR count). The standard InChI is InChI=1S/C19H27BrN4O3S/c1-19(2,3)27-12-17-11-23(10-16-8-21-13-22-16)18-6-5-15(20)7-14(18)9-24(17)28(4,25)26/h5-8,13,17H,9-12H2,1-4H3,(H,21,22). The van der Waals surface area contributed by atoms with E-state index in [4.69, 9.17) is 4.74 Å². The van der Waals surface area contributed by atoms with E-state index in [0.717, 1.165) is 21.4 Å². The molecule has 0 spiro atoms. The average molecular weight is 471 g/mol. The van der Waals surface area contributed by atoms with E-state index in [1.54, 1.807) is 16.8 Å². The first-order chi connectivity index (χ1) is 13.0. The van der Waals surface area contributed by atoms with Crippen molar-refractivity contribution in [3.05, 3.63) is 46.5 Å². The summed E-state index contributed by atoms with van der Waals surface area (Å²) in [7, 11) is -3.42. The van der Waals surface area contributed by atoms with Gasteiger partial charge in [-0.1, -0.05) is 15.9 Å². The summed E-state index contributed by atoms with van der Waals surface area (Å²) in [5.41, 5.74) is 2.60. The molecule has 0 amide bonds. The van der Waals surface area contributed by atoms with E-state index in [1.165, 1.54) is 6.26 Å². The van der Waals surface area contributed by atoms with Crippen molar-refractivity contribution >= 4 is 31.6 Å². The van der Waals surface area contributed by atoms with Gasteiger partial charge in [0.05, 0.1) is 43.1 Å². The molecule has 154 valence electrons. The highest BCUT2D eigenvalue weighted by molar-refractivity contribution is 9.10. The normalized spacial score (nSPS) is 18.8. The van der Waals surface area contributed by atoms with Gasteiger partial charge in [0.15, 0.2) is 0 Å². The highest BCUT2D eigenvalue weighted by Gasteiger charge is 2.34. The lowest BCUT2D eigenvalue weighted by atomic mass is 10.1. The fourth-order valence-electron chi connectivity index (χ4n) is 3.33. The van der Waals surface area contributed by atoms with Crippen molar-refractivity contribution in [2.75, 3.05) is 24.3 Å². The molecule has 9 heteroatoms. The fraction of sp³-hybridized carbons (Fsp3) is 0.526. The molecule has 0 radical (unpaired) electrons. The van der Waals surface area contributed by atoms with Crippen LogP contribution in [0, 0.1) is 0 Å². The van der Waals surface area contributed by atoms with Crippen LogP contribution in [0.5, 0.6) is 0 Å². The van der Waals surface area contributed by atoms with E-state index in [0.29, 0.717) is 26.2 Å². The summed E-state index contributed by atoms with van der Waals surface area (Å²) in [5, 5.41) is 0. The molecule has 0 fully saturated rings. The Hall–Kier alpha value is -1.42. The zero-order valence-electron chi connectivity index (χ0n) is 16.6. The second-order valence-electron chi connectivity index (χ2n) is 8.12. The number of rotatable bonds is 5. The van der Waals surface area contributed by atoms with Crippen LogP contribution in [0.25, 0.3) is 0 Å². The van der Waals surface area contributed by atoms with Crippen LogP contribution in [0.2, 0.25) is 0 Å². The van der Waals surface area contributed by atoms with Crippen LogP contribution in [-0.2, 0) is 27.8 Å². The molecule has 0 saturated carbocycles. The third-order valence-electron chi connectivity index (χ3n) is 4.60. The third kappa shape index (κ3) is 5.34. The van der Waals surface area contributed by atoms with E-state index in [2.05, 4.69) is 30.8 Å². The molecule has 1 unspecified atom stereocenters. The summed E-state index contributed by atoms with van der Waals surface area (Å²) in [5.74, 6) is 0. The zero-order valence-corrected chi connectivity index (χ0v) is 19.0. The second kappa shape index (κ2) is 8.14. The molecule has 1 aliphatic heterocycles. The summed E-state index contributed by atoms with van der Waals surface area (Å²) >= 11 is 3.51. The van der Waals surface area contributed by atoms with Gasteiger partial charge in [-0.15, -0.1) is 0 Å². The maximum atomic E-state index is 12.6. The largest absolute Gasteiger partial charge is 0.374 e. The Balaban J connectivity index is 2.00. The van der Waals surface area contributed by atoms with Crippen molar-refractivity contribution in [3.63, 3.8) is 0 Å². The highest BCUT2D eigenvalue weighted by Crippen LogP contribution is 2.32. The third-order valence-corrected chi connectivity index (χ3v) is 6.37. The number of hydrogen-bond acceptors (Lipinski definition) is 5. The first-order valence-corrected chi connectivity index (χ1v) is 11.8. The van der Waals surface area contributed by atoms with Crippen molar-refractivity contribution in [1.29, 1.82) is 0 Å². The molecule has 1 aromatic heterocycles. The SMILES string of the molecule is CC(C)(C)OCC1CN(Cc2cnc[nH]2)c2ccc(Br)cc2CN1S(C)(=O)=O. The van der Waals surface area contributed by atoms with Gasteiger partial charge in [0.25, 0.3) is 0 Å². The van der Waals surface area contributed by atoms with Crippen molar-refractivity contribution in [2.24, 2.45) is 0 Å². The Bertz CT molecular complexity index is 910. The molecule has 2 aromatic rings. The van der Waals surface area contributed by atoms with Gasteiger partial charge >= 0.3 is 0 Å². The van der Waals surface area contributed by atoms with E-state index in [1.807, 2.05) is 39.0 Å². The van der Waals surface area contributed by atoms with Gasteiger partial charge in [0, 0.05) is 29.4 Å². The number of benzene rings is 1. The monoisotopic (exact) mass is 470 g/mol. The van der Waals surface area contributed by atoms with Crippen LogP contribution in [0.15, 0.2) is 35.2 Å². The summed E-state index contributed by atoms with van der Waals surface area (Å²) in [4.78, 5) is 9.43. The van der Waals surface area contributed by atoms with Crippen LogP contribution in [0.3, 0.4) is 0 Å². The van der Waals surface area contributed by atoms with Crippen LogP contribution in [0.1, 0.15) is 32.0 Å². The molecule has 28 heavy (non-hydrogen) atoms. The molecule has 0 aliphatic carbocycles. The van der Waals surface area contributed by atoms with Gasteiger partial charge in [0.1, 0.15) is 0 Å². The topological polar surface area (TPSA) is 78.5 Å². The maximum Gasteiger partial charge on any atom is 0.211 e. The van der Waals surface area contributed by atoms with Crippen LogP contribution in [0.4, 0.5) is 5.69 Å². The van der Waals surface area contributed by atoms with E-state index >= 15 is 0 Å². The van der Waals surface area contributed by atoms with Crippen molar-refractivity contribution in [3.8, 4) is 0 Å². The lowest BCUT2D eigenvalue weighted by Crippen LogP contribution is -2.47. The number of fused-ring (bicyclic) bond motifs is 1. The van der Waals surface area contributed by atoms with E-state index in [9.17, 15) is 8.42 Å². The predicted octanol–water partition coefficient (Wildman–Crippen LogP) is 3.14. The van der Waals surface area contributed by atoms with E-state index in [-0.39, 0.29) is 11.6 Å². The molecular formula is C19H27BrN4O3S. The molecule has 1 aromatic carbocycles. The summed E-state index contributed by atoms with van der Waals surface area (Å²) in [6.07, 6.45) is 4.70. The van der Waals surface area contributed by atoms with Crippen molar-refractivity contribution < 1.29 is 13.2 Å². The number of hydrogen-bond donors (Lipinski definition) is 1.